The number of hydrogen-bond donors (Lipinski definition) is 1. The fourth-order valence-corrected chi connectivity index (χ4v) is 1.73. The Hall–Kier alpha value is -1.00. The van der Waals surface area contributed by atoms with Crippen molar-refractivity contribution < 1.29 is 9.18 Å². The Morgan fingerprint density at radius 3 is 3.00 bits per heavy atom. The number of thioether (sulfide) groups is 1. The minimum Gasteiger partial charge on any atom is -0.325 e. The highest BCUT2D eigenvalue weighted by molar-refractivity contribution is 8.00. The zero-order valence-electron chi connectivity index (χ0n) is 8.50. The van der Waals surface area contributed by atoms with E-state index < -0.39 is 5.82 Å². The van der Waals surface area contributed by atoms with Gasteiger partial charge in [-0.15, -0.1) is 18.3 Å². The highest BCUT2D eigenvalue weighted by atomic mass is 35.5. The van der Waals surface area contributed by atoms with E-state index in [-0.39, 0.29) is 10.9 Å². The molecule has 0 saturated heterocycles. The van der Waals surface area contributed by atoms with Crippen molar-refractivity contribution in [1.29, 1.82) is 0 Å². The van der Waals surface area contributed by atoms with Crippen LogP contribution in [-0.4, -0.2) is 17.4 Å². The van der Waals surface area contributed by atoms with Crippen molar-refractivity contribution in [3.8, 4) is 0 Å². The maximum Gasteiger partial charge on any atom is 0.234 e. The molecule has 1 N–H and O–H groups in total. The van der Waals surface area contributed by atoms with Gasteiger partial charge < -0.3 is 5.32 Å². The molecular weight excluding hydrogens is 249 g/mol. The van der Waals surface area contributed by atoms with Gasteiger partial charge in [-0.25, -0.2) is 4.39 Å². The summed E-state index contributed by atoms with van der Waals surface area (Å²) in [5, 5.41) is 2.62. The average molecular weight is 260 g/mol. The number of anilines is 1. The van der Waals surface area contributed by atoms with Gasteiger partial charge in [0.1, 0.15) is 5.82 Å². The van der Waals surface area contributed by atoms with Crippen molar-refractivity contribution in [3.63, 3.8) is 0 Å². The topological polar surface area (TPSA) is 29.1 Å². The summed E-state index contributed by atoms with van der Waals surface area (Å²) < 4.78 is 12.8. The number of carbonyl (C=O) groups is 1. The van der Waals surface area contributed by atoms with Crippen molar-refractivity contribution >= 4 is 35.0 Å². The maximum absolute atomic E-state index is 12.8. The van der Waals surface area contributed by atoms with Crippen LogP contribution in [0.5, 0.6) is 0 Å². The normalized spacial score (nSPS) is 9.88. The first-order chi connectivity index (χ1) is 7.63. The molecule has 0 fully saturated rings. The van der Waals surface area contributed by atoms with Gasteiger partial charge in [-0.3, -0.25) is 4.79 Å². The van der Waals surface area contributed by atoms with Crippen LogP contribution in [0.3, 0.4) is 0 Å². The summed E-state index contributed by atoms with van der Waals surface area (Å²) in [6.07, 6.45) is 1.73. The average Bonchev–Trinajstić information content (AvgIpc) is 2.24. The Kier molecular flexibility index (Phi) is 5.35. The van der Waals surface area contributed by atoms with Gasteiger partial charge in [0.05, 0.1) is 10.8 Å². The van der Waals surface area contributed by atoms with Gasteiger partial charge in [-0.05, 0) is 18.2 Å². The summed E-state index contributed by atoms with van der Waals surface area (Å²) in [5.74, 6) is 0.411. The third-order valence-corrected chi connectivity index (χ3v) is 2.90. The van der Waals surface area contributed by atoms with Gasteiger partial charge in [0.2, 0.25) is 5.91 Å². The Morgan fingerprint density at radius 1 is 1.62 bits per heavy atom. The monoisotopic (exact) mass is 259 g/mol. The van der Waals surface area contributed by atoms with E-state index in [9.17, 15) is 9.18 Å². The fraction of sp³-hybridized carbons (Fsp3) is 0.182. The summed E-state index contributed by atoms with van der Waals surface area (Å²) in [7, 11) is 0. The lowest BCUT2D eigenvalue weighted by Crippen LogP contribution is -2.14. The van der Waals surface area contributed by atoms with Crippen LogP contribution in [0.15, 0.2) is 30.9 Å². The van der Waals surface area contributed by atoms with E-state index in [2.05, 4.69) is 11.9 Å². The standard InChI is InChI=1S/C11H11ClFNOS/c1-2-5-16-7-11(15)14-8-3-4-10(13)9(12)6-8/h2-4,6H,1,5,7H2,(H,14,15). The molecule has 0 aliphatic rings. The van der Waals surface area contributed by atoms with Crippen molar-refractivity contribution in [2.24, 2.45) is 0 Å². The molecule has 0 saturated carbocycles. The lowest BCUT2D eigenvalue weighted by molar-refractivity contribution is -0.113. The highest BCUT2D eigenvalue weighted by Crippen LogP contribution is 2.19. The number of hydrogen-bond acceptors (Lipinski definition) is 2. The third-order valence-electron chi connectivity index (χ3n) is 1.67. The molecule has 0 heterocycles. The van der Waals surface area contributed by atoms with Gasteiger partial charge in [0, 0.05) is 11.4 Å². The van der Waals surface area contributed by atoms with Crippen LogP contribution in [-0.2, 0) is 4.79 Å². The number of amides is 1. The Bertz CT molecular complexity index is 398. The molecule has 16 heavy (non-hydrogen) atoms. The first-order valence-electron chi connectivity index (χ1n) is 4.57. The number of nitrogens with one attached hydrogen (secondary N) is 1. The van der Waals surface area contributed by atoms with Crippen LogP contribution in [0.1, 0.15) is 0 Å². The molecule has 0 bridgehead atoms. The summed E-state index contributed by atoms with van der Waals surface area (Å²) in [5.41, 5.74) is 0.496. The lowest BCUT2D eigenvalue weighted by atomic mass is 10.3. The van der Waals surface area contributed by atoms with Crippen LogP contribution in [0.4, 0.5) is 10.1 Å². The van der Waals surface area contributed by atoms with Gasteiger partial charge in [0.25, 0.3) is 0 Å². The number of carbonyl (C=O) groups excluding carboxylic acids is 1. The third kappa shape index (κ3) is 4.24. The van der Waals surface area contributed by atoms with Crippen molar-refractivity contribution in [3.05, 3.63) is 41.7 Å². The van der Waals surface area contributed by atoms with Crippen LogP contribution >= 0.6 is 23.4 Å². The molecule has 5 heteroatoms. The number of halogens is 2. The molecule has 2 nitrogen and oxygen atoms in total. The van der Waals surface area contributed by atoms with E-state index in [1.807, 2.05) is 0 Å². The molecule has 1 rings (SSSR count). The zero-order chi connectivity index (χ0) is 12.0. The first kappa shape index (κ1) is 13.1. The predicted molar refractivity (Wildman–Crippen MR) is 67.6 cm³/mol. The molecule has 1 amide bonds. The number of benzene rings is 1. The Labute approximate surface area is 103 Å². The molecule has 0 aliphatic carbocycles. The van der Waals surface area contributed by atoms with E-state index in [1.54, 1.807) is 6.08 Å². The molecule has 0 atom stereocenters. The first-order valence-corrected chi connectivity index (χ1v) is 6.10. The predicted octanol–water partition coefficient (Wildman–Crippen LogP) is 3.34. The van der Waals surface area contributed by atoms with Crippen LogP contribution < -0.4 is 5.32 Å². The zero-order valence-corrected chi connectivity index (χ0v) is 10.1. The summed E-state index contributed by atoms with van der Waals surface area (Å²) in [4.78, 5) is 11.4. The number of rotatable bonds is 5. The van der Waals surface area contributed by atoms with E-state index in [0.717, 1.165) is 5.75 Å². The molecular formula is C11H11ClFNOS. The maximum atomic E-state index is 12.8. The molecule has 0 unspecified atom stereocenters. The van der Waals surface area contributed by atoms with Gasteiger partial charge in [-0.2, -0.15) is 0 Å². The quantitative estimate of drug-likeness (QED) is 0.649. The minimum atomic E-state index is -0.499. The van der Waals surface area contributed by atoms with E-state index in [1.165, 1.54) is 30.0 Å². The smallest absolute Gasteiger partial charge is 0.234 e. The van der Waals surface area contributed by atoms with Crippen molar-refractivity contribution in [2.45, 2.75) is 0 Å². The van der Waals surface area contributed by atoms with E-state index in [4.69, 9.17) is 11.6 Å². The van der Waals surface area contributed by atoms with Crippen LogP contribution in [0.2, 0.25) is 5.02 Å². The van der Waals surface area contributed by atoms with Gasteiger partial charge in [0.15, 0.2) is 0 Å². The summed E-state index contributed by atoms with van der Waals surface area (Å²) in [6, 6.07) is 4.07. The lowest BCUT2D eigenvalue weighted by Gasteiger charge is -2.05. The SMILES string of the molecule is C=CCSCC(=O)Nc1ccc(F)c(Cl)c1. The molecule has 0 radical (unpaired) electrons. The largest absolute Gasteiger partial charge is 0.325 e. The second kappa shape index (κ2) is 6.55. The highest BCUT2D eigenvalue weighted by Gasteiger charge is 2.04. The molecule has 1 aromatic carbocycles. The van der Waals surface area contributed by atoms with Crippen LogP contribution in [0, 0.1) is 5.82 Å². The van der Waals surface area contributed by atoms with Gasteiger partial charge >= 0.3 is 0 Å². The van der Waals surface area contributed by atoms with Crippen LogP contribution in [0.25, 0.3) is 0 Å². The molecule has 0 spiro atoms. The Balaban J connectivity index is 2.49. The van der Waals surface area contributed by atoms with Crippen molar-refractivity contribution in [1.82, 2.24) is 0 Å². The minimum absolute atomic E-state index is 0.00320. The van der Waals surface area contributed by atoms with E-state index in [0.29, 0.717) is 11.4 Å². The second-order valence-corrected chi connectivity index (χ2v) is 4.42. The Morgan fingerprint density at radius 2 is 2.38 bits per heavy atom. The van der Waals surface area contributed by atoms with Gasteiger partial charge in [-0.1, -0.05) is 17.7 Å². The molecule has 1 aromatic rings. The summed E-state index contributed by atoms with van der Waals surface area (Å²) in [6.45, 7) is 3.55. The molecule has 86 valence electrons. The van der Waals surface area contributed by atoms with E-state index >= 15 is 0 Å². The summed E-state index contributed by atoms with van der Waals surface area (Å²) >= 11 is 7.03. The second-order valence-electron chi connectivity index (χ2n) is 2.98. The van der Waals surface area contributed by atoms with Crippen molar-refractivity contribution in [2.75, 3.05) is 16.8 Å². The fourth-order valence-electron chi connectivity index (χ4n) is 1.01. The molecule has 0 aromatic heterocycles. The molecule has 0 aliphatic heterocycles.